The third kappa shape index (κ3) is 3.65. The summed E-state index contributed by atoms with van der Waals surface area (Å²) < 4.78 is 11.2. The molecule has 0 atom stereocenters. The minimum absolute atomic E-state index is 0.183. The van der Waals surface area contributed by atoms with Crippen molar-refractivity contribution >= 4 is 21.9 Å². The van der Waals surface area contributed by atoms with Crippen molar-refractivity contribution in [3.8, 4) is 16.9 Å². The Hall–Kier alpha value is -2.59. The topological polar surface area (TPSA) is 35.5 Å². The molecule has 1 aliphatic rings. The molecule has 0 saturated heterocycles. The second kappa shape index (κ2) is 9.05. The highest BCUT2D eigenvalue weighted by atomic mass is 79.9. The van der Waals surface area contributed by atoms with E-state index in [1.165, 1.54) is 0 Å². The molecule has 1 aliphatic carbocycles. The summed E-state index contributed by atoms with van der Waals surface area (Å²) in [6.07, 6.45) is 2.67. The quantitative estimate of drug-likeness (QED) is 0.224. The molecule has 3 aromatic rings. The zero-order valence-electron chi connectivity index (χ0n) is 17.1. The molecule has 4 heteroatoms. The van der Waals surface area contributed by atoms with E-state index in [1.54, 1.807) is 7.11 Å². The van der Waals surface area contributed by atoms with Gasteiger partial charge in [0, 0.05) is 5.33 Å². The molecule has 0 spiro atoms. The number of benzene rings is 3. The lowest BCUT2D eigenvalue weighted by Crippen LogP contribution is -2.37. The molecule has 0 fully saturated rings. The Kier molecular flexibility index (Phi) is 6.24. The summed E-state index contributed by atoms with van der Waals surface area (Å²) in [7, 11) is 1.64. The number of methoxy groups -OCH3 is 1. The molecule has 0 N–H and O–H groups in total. The lowest BCUT2D eigenvalue weighted by Gasteiger charge is -2.30. The molecular formula is C26H25BrO3. The summed E-state index contributed by atoms with van der Waals surface area (Å²) in [5, 5.41) is 0.922. The Balaban J connectivity index is 1.71. The largest absolute Gasteiger partial charge is 0.497 e. The fraction of sp³-hybridized carbons (Fsp3) is 0.269. The number of unbranched alkanes of at least 4 members (excludes halogenated alkanes) is 1. The third-order valence-corrected chi connectivity index (χ3v) is 6.41. The molecule has 0 aliphatic heterocycles. The number of fused-ring (bicyclic) bond motifs is 3. The molecule has 0 unspecified atom stereocenters. The van der Waals surface area contributed by atoms with Crippen LogP contribution < -0.4 is 4.74 Å². The van der Waals surface area contributed by atoms with Gasteiger partial charge in [0.1, 0.15) is 17.8 Å². The molecule has 0 amide bonds. The van der Waals surface area contributed by atoms with Crippen LogP contribution in [0.5, 0.6) is 5.75 Å². The van der Waals surface area contributed by atoms with Crippen LogP contribution in [0.15, 0.2) is 72.8 Å². The fourth-order valence-electron chi connectivity index (χ4n) is 4.44. The van der Waals surface area contributed by atoms with Crippen LogP contribution in [-0.2, 0) is 21.6 Å². The van der Waals surface area contributed by atoms with Gasteiger partial charge >= 0.3 is 5.97 Å². The van der Waals surface area contributed by atoms with Gasteiger partial charge in [0.15, 0.2) is 0 Å². The van der Waals surface area contributed by atoms with Gasteiger partial charge in [-0.3, -0.25) is 4.79 Å². The Morgan fingerprint density at radius 3 is 2.20 bits per heavy atom. The van der Waals surface area contributed by atoms with Gasteiger partial charge in [0.2, 0.25) is 0 Å². The van der Waals surface area contributed by atoms with E-state index in [9.17, 15) is 4.79 Å². The molecule has 0 radical (unpaired) electrons. The monoisotopic (exact) mass is 464 g/mol. The second-order valence-electron chi connectivity index (χ2n) is 7.57. The van der Waals surface area contributed by atoms with Crippen molar-refractivity contribution in [2.75, 3.05) is 12.4 Å². The first-order valence-corrected chi connectivity index (χ1v) is 11.4. The van der Waals surface area contributed by atoms with Crippen molar-refractivity contribution in [1.82, 2.24) is 0 Å². The van der Waals surface area contributed by atoms with Crippen molar-refractivity contribution < 1.29 is 14.3 Å². The average molecular weight is 465 g/mol. The molecule has 4 rings (SSSR count). The highest BCUT2D eigenvalue weighted by Gasteiger charge is 2.49. The lowest BCUT2D eigenvalue weighted by atomic mass is 9.74. The highest BCUT2D eigenvalue weighted by Crippen LogP contribution is 2.52. The predicted molar refractivity (Wildman–Crippen MR) is 123 cm³/mol. The Morgan fingerprint density at radius 2 is 1.57 bits per heavy atom. The standard InChI is InChI=1S/C26H25BrO3/c1-29-20-10-8-9-19(17-20)18-30-25(28)26(15-6-7-16-27)23-13-4-2-11-21(23)22-12-3-5-14-24(22)26/h2-5,8-14,17H,6-7,15-16,18H2,1H3. The minimum Gasteiger partial charge on any atom is -0.497 e. The van der Waals surface area contributed by atoms with Crippen LogP contribution >= 0.6 is 15.9 Å². The number of hydrogen-bond acceptors (Lipinski definition) is 3. The van der Waals surface area contributed by atoms with Crippen LogP contribution in [0.1, 0.15) is 36.0 Å². The van der Waals surface area contributed by atoms with Crippen LogP contribution in [0.25, 0.3) is 11.1 Å². The first-order valence-electron chi connectivity index (χ1n) is 10.3. The SMILES string of the molecule is COc1cccc(COC(=O)C2(CCCCBr)c3ccccc3-c3ccccc32)c1. The number of halogens is 1. The van der Waals surface area contributed by atoms with Crippen molar-refractivity contribution in [3.63, 3.8) is 0 Å². The molecular weight excluding hydrogens is 440 g/mol. The molecule has 3 aromatic carbocycles. The first-order chi connectivity index (χ1) is 14.7. The van der Waals surface area contributed by atoms with Crippen molar-refractivity contribution in [1.29, 1.82) is 0 Å². The van der Waals surface area contributed by atoms with Gasteiger partial charge in [-0.25, -0.2) is 0 Å². The maximum absolute atomic E-state index is 13.7. The van der Waals surface area contributed by atoms with Crippen molar-refractivity contribution in [3.05, 3.63) is 89.5 Å². The van der Waals surface area contributed by atoms with Gasteiger partial charge in [0.25, 0.3) is 0 Å². The van der Waals surface area contributed by atoms with E-state index in [4.69, 9.17) is 9.47 Å². The molecule has 0 saturated carbocycles. The maximum Gasteiger partial charge on any atom is 0.321 e. The van der Waals surface area contributed by atoms with E-state index >= 15 is 0 Å². The normalized spacial score (nSPS) is 13.4. The third-order valence-electron chi connectivity index (χ3n) is 5.85. The summed E-state index contributed by atoms with van der Waals surface area (Å²) in [5.74, 6) is 0.574. The van der Waals surface area contributed by atoms with E-state index < -0.39 is 5.41 Å². The zero-order chi connectivity index (χ0) is 21.0. The highest BCUT2D eigenvalue weighted by molar-refractivity contribution is 9.09. The summed E-state index contributed by atoms with van der Waals surface area (Å²) in [5.41, 5.74) is 4.51. The number of hydrogen-bond donors (Lipinski definition) is 0. The molecule has 3 nitrogen and oxygen atoms in total. The fourth-order valence-corrected chi connectivity index (χ4v) is 4.83. The van der Waals surface area contributed by atoms with Crippen LogP contribution in [-0.4, -0.2) is 18.4 Å². The van der Waals surface area contributed by atoms with Gasteiger partial charge < -0.3 is 9.47 Å². The minimum atomic E-state index is -0.770. The molecule has 0 aromatic heterocycles. The smallest absolute Gasteiger partial charge is 0.321 e. The van der Waals surface area contributed by atoms with Crippen LogP contribution in [0.3, 0.4) is 0 Å². The number of carbonyl (C=O) groups excluding carboxylic acids is 1. The predicted octanol–water partition coefficient (Wildman–Crippen LogP) is 6.27. The van der Waals surface area contributed by atoms with Gasteiger partial charge in [-0.05, 0) is 52.8 Å². The van der Waals surface area contributed by atoms with E-state index in [2.05, 4.69) is 40.2 Å². The zero-order valence-corrected chi connectivity index (χ0v) is 18.7. The van der Waals surface area contributed by atoms with Crippen molar-refractivity contribution in [2.24, 2.45) is 0 Å². The average Bonchev–Trinajstić information content (AvgIpc) is 3.09. The molecule has 30 heavy (non-hydrogen) atoms. The molecule has 0 heterocycles. The van der Waals surface area contributed by atoms with Crippen LogP contribution in [0.2, 0.25) is 0 Å². The van der Waals surface area contributed by atoms with Gasteiger partial charge in [0.05, 0.1) is 7.11 Å². The van der Waals surface area contributed by atoms with Crippen molar-refractivity contribution in [2.45, 2.75) is 31.3 Å². The Labute approximate surface area is 186 Å². The summed E-state index contributed by atoms with van der Waals surface area (Å²) in [4.78, 5) is 13.7. The molecule has 0 bridgehead atoms. The number of ether oxygens (including phenoxy) is 2. The van der Waals surface area contributed by atoms with E-state index in [-0.39, 0.29) is 12.6 Å². The summed E-state index contributed by atoms with van der Waals surface area (Å²) in [6.45, 7) is 0.223. The van der Waals surface area contributed by atoms with E-state index in [1.807, 2.05) is 48.5 Å². The number of alkyl halides is 1. The Morgan fingerprint density at radius 1 is 0.900 bits per heavy atom. The number of esters is 1. The van der Waals surface area contributed by atoms with Gasteiger partial charge in [-0.2, -0.15) is 0 Å². The van der Waals surface area contributed by atoms with E-state index in [0.717, 1.165) is 58.2 Å². The summed E-state index contributed by atoms with van der Waals surface area (Å²) >= 11 is 3.52. The van der Waals surface area contributed by atoms with E-state index in [0.29, 0.717) is 0 Å². The van der Waals surface area contributed by atoms with Gasteiger partial charge in [-0.1, -0.05) is 83.0 Å². The van der Waals surface area contributed by atoms with Gasteiger partial charge in [-0.15, -0.1) is 0 Å². The maximum atomic E-state index is 13.7. The van der Waals surface area contributed by atoms with Crippen LogP contribution in [0, 0.1) is 0 Å². The van der Waals surface area contributed by atoms with Crippen LogP contribution in [0.4, 0.5) is 0 Å². The first kappa shape index (κ1) is 20.7. The number of carbonyl (C=O) groups is 1. The Bertz CT molecular complexity index is 998. The lowest BCUT2D eigenvalue weighted by molar-refractivity contribution is -0.150. The second-order valence-corrected chi connectivity index (χ2v) is 8.36. The molecule has 154 valence electrons. The summed E-state index contributed by atoms with van der Waals surface area (Å²) in [6, 6.07) is 24.1. The number of rotatable bonds is 8.